The Morgan fingerprint density at radius 1 is 1.50 bits per heavy atom. The number of anilines is 1. The first-order valence-corrected chi connectivity index (χ1v) is 4.90. The van der Waals surface area contributed by atoms with Crippen LogP contribution in [0.2, 0.25) is 0 Å². The summed E-state index contributed by atoms with van der Waals surface area (Å²) in [5.74, 6) is 1.29. The Labute approximate surface area is 89.9 Å². The predicted molar refractivity (Wildman–Crippen MR) is 58.2 cm³/mol. The molecule has 2 aromatic heterocycles. The Morgan fingerprint density at radius 3 is 2.86 bits per heavy atom. The van der Waals surface area contributed by atoms with Crippen LogP contribution in [0.5, 0.6) is 0 Å². The van der Waals surface area contributed by atoms with Crippen molar-refractivity contribution in [3.05, 3.63) is 34.6 Å². The van der Waals surface area contributed by atoms with Crippen molar-refractivity contribution in [2.45, 2.75) is 6.92 Å². The summed E-state index contributed by atoms with van der Waals surface area (Å²) < 4.78 is 2.62. The van der Waals surface area contributed by atoms with Gasteiger partial charge in [-0.2, -0.15) is 0 Å². The van der Waals surface area contributed by atoms with Crippen LogP contribution in [0.4, 0.5) is 5.82 Å². The van der Waals surface area contributed by atoms with E-state index < -0.39 is 0 Å². The third-order valence-electron chi connectivity index (χ3n) is 1.84. The molecule has 0 aliphatic heterocycles. The smallest absolute Gasteiger partial charge is 0.156 e. The number of nitrogen functional groups attached to an aromatic ring is 1. The second-order valence-electron chi connectivity index (χ2n) is 2.98. The second-order valence-corrected chi connectivity index (χ2v) is 3.89. The molecule has 4 nitrogen and oxygen atoms in total. The molecule has 0 aliphatic carbocycles. The number of rotatable bonds is 1. The van der Waals surface area contributed by atoms with E-state index in [-0.39, 0.29) is 0 Å². The molecule has 2 heterocycles. The molecule has 0 spiro atoms. The zero-order chi connectivity index (χ0) is 10.1. The topological polar surface area (TPSA) is 56.7 Å². The minimum atomic E-state index is 0.495. The van der Waals surface area contributed by atoms with E-state index in [1.54, 1.807) is 23.1 Å². The average molecular weight is 253 g/mol. The maximum absolute atomic E-state index is 5.53. The quantitative estimate of drug-likeness (QED) is 0.844. The predicted octanol–water partition coefficient (Wildman–Crippen LogP) is 1.92. The van der Waals surface area contributed by atoms with Gasteiger partial charge in [0, 0.05) is 22.9 Å². The number of aromatic nitrogens is 3. The molecule has 72 valence electrons. The molecule has 0 amide bonds. The molecule has 0 fully saturated rings. The molecule has 0 aromatic carbocycles. The summed E-state index contributed by atoms with van der Waals surface area (Å²) in [7, 11) is 0. The van der Waals surface area contributed by atoms with Gasteiger partial charge in [-0.25, -0.2) is 9.67 Å². The standard InChI is InChI=1S/C9H9BrN4/c1-6-4-7(10)5-12-9(6)14-3-2-8(11)13-14/h2-5H,1H3,(H2,11,13). The molecule has 0 saturated heterocycles. The van der Waals surface area contributed by atoms with Crippen molar-refractivity contribution < 1.29 is 0 Å². The number of halogens is 1. The van der Waals surface area contributed by atoms with Crippen LogP contribution in [-0.4, -0.2) is 14.8 Å². The summed E-state index contributed by atoms with van der Waals surface area (Å²) in [4.78, 5) is 4.26. The van der Waals surface area contributed by atoms with E-state index in [2.05, 4.69) is 26.0 Å². The molecule has 0 aliphatic rings. The monoisotopic (exact) mass is 252 g/mol. The van der Waals surface area contributed by atoms with Crippen LogP contribution >= 0.6 is 15.9 Å². The summed E-state index contributed by atoms with van der Waals surface area (Å²) in [6.07, 6.45) is 3.53. The summed E-state index contributed by atoms with van der Waals surface area (Å²) in [5, 5.41) is 4.09. The van der Waals surface area contributed by atoms with Gasteiger partial charge in [0.2, 0.25) is 0 Å². The molecule has 0 bridgehead atoms. The van der Waals surface area contributed by atoms with Gasteiger partial charge in [0.05, 0.1) is 0 Å². The maximum atomic E-state index is 5.53. The van der Waals surface area contributed by atoms with Crippen LogP contribution < -0.4 is 5.73 Å². The van der Waals surface area contributed by atoms with Gasteiger partial charge in [-0.3, -0.25) is 0 Å². The summed E-state index contributed by atoms with van der Waals surface area (Å²) in [6.45, 7) is 1.98. The molecular weight excluding hydrogens is 244 g/mol. The molecule has 5 heteroatoms. The number of pyridine rings is 1. The minimum absolute atomic E-state index is 0.495. The van der Waals surface area contributed by atoms with E-state index in [9.17, 15) is 0 Å². The Hall–Kier alpha value is -1.36. The normalized spacial score (nSPS) is 10.4. The van der Waals surface area contributed by atoms with Crippen molar-refractivity contribution in [3.8, 4) is 5.82 Å². The van der Waals surface area contributed by atoms with Crippen molar-refractivity contribution in [2.24, 2.45) is 0 Å². The van der Waals surface area contributed by atoms with Gasteiger partial charge in [-0.15, -0.1) is 5.10 Å². The number of aryl methyl sites for hydroxylation is 1. The first-order valence-electron chi connectivity index (χ1n) is 4.10. The van der Waals surface area contributed by atoms with Gasteiger partial charge in [0.1, 0.15) is 5.82 Å². The Bertz CT molecular complexity index is 464. The van der Waals surface area contributed by atoms with Gasteiger partial charge >= 0.3 is 0 Å². The Morgan fingerprint density at radius 2 is 2.29 bits per heavy atom. The molecular formula is C9H9BrN4. The van der Waals surface area contributed by atoms with Crippen LogP contribution in [0.1, 0.15) is 5.56 Å². The zero-order valence-electron chi connectivity index (χ0n) is 7.61. The van der Waals surface area contributed by atoms with Crippen molar-refractivity contribution in [1.29, 1.82) is 0 Å². The molecule has 0 atom stereocenters. The zero-order valence-corrected chi connectivity index (χ0v) is 9.19. The van der Waals surface area contributed by atoms with E-state index in [1.807, 2.05) is 13.0 Å². The number of nitrogens with zero attached hydrogens (tertiary/aromatic N) is 3. The number of hydrogen-bond acceptors (Lipinski definition) is 3. The average Bonchev–Trinajstić information content (AvgIpc) is 2.51. The van der Waals surface area contributed by atoms with Gasteiger partial charge in [0.25, 0.3) is 0 Å². The van der Waals surface area contributed by atoms with Crippen molar-refractivity contribution >= 4 is 21.7 Å². The lowest BCUT2D eigenvalue weighted by Crippen LogP contribution is -2.01. The van der Waals surface area contributed by atoms with Crippen molar-refractivity contribution in [1.82, 2.24) is 14.8 Å². The van der Waals surface area contributed by atoms with Gasteiger partial charge in [-0.05, 0) is 34.5 Å². The lowest BCUT2D eigenvalue weighted by atomic mass is 10.3. The molecule has 0 saturated carbocycles. The minimum Gasteiger partial charge on any atom is -0.382 e. The molecule has 2 N–H and O–H groups in total. The largest absolute Gasteiger partial charge is 0.382 e. The van der Waals surface area contributed by atoms with E-state index in [1.165, 1.54) is 0 Å². The third kappa shape index (κ3) is 1.63. The molecule has 0 radical (unpaired) electrons. The Kier molecular flexibility index (Phi) is 2.25. The van der Waals surface area contributed by atoms with E-state index in [4.69, 9.17) is 5.73 Å². The maximum Gasteiger partial charge on any atom is 0.156 e. The van der Waals surface area contributed by atoms with Crippen LogP contribution in [0.25, 0.3) is 5.82 Å². The molecule has 14 heavy (non-hydrogen) atoms. The highest BCUT2D eigenvalue weighted by atomic mass is 79.9. The van der Waals surface area contributed by atoms with Gasteiger partial charge in [0.15, 0.2) is 5.82 Å². The lowest BCUT2D eigenvalue weighted by molar-refractivity contribution is 0.841. The first kappa shape index (κ1) is 9.21. The van der Waals surface area contributed by atoms with Gasteiger partial charge in [-0.1, -0.05) is 0 Å². The van der Waals surface area contributed by atoms with Gasteiger partial charge < -0.3 is 5.73 Å². The van der Waals surface area contributed by atoms with Crippen LogP contribution in [0.3, 0.4) is 0 Å². The number of nitrogens with two attached hydrogens (primary N) is 1. The highest BCUT2D eigenvalue weighted by molar-refractivity contribution is 9.10. The third-order valence-corrected chi connectivity index (χ3v) is 2.28. The fourth-order valence-electron chi connectivity index (χ4n) is 1.23. The fraction of sp³-hybridized carbons (Fsp3) is 0.111. The molecule has 2 rings (SSSR count). The van der Waals surface area contributed by atoms with Crippen molar-refractivity contribution in [3.63, 3.8) is 0 Å². The fourth-order valence-corrected chi connectivity index (χ4v) is 1.67. The van der Waals surface area contributed by atoms with Crippen LogP contribution in [0.15, 0.2) is 29.0 Å². The molecule has 2 aromatic rings. The number of hydrogen-bond donors (Lipinski definition) is 1. The summed E-state index contributed by atoms with van der Waals surface area (Å²) in [5.41, 5.74) is 6.57. The van der Waals surface area contributed by atoms with E-state index in [0.29, 0.717) is 5.82 Å². The Balaban J connectivity index is 2.52. The summed E-state index contributed by atoms with van der Waals surface area (Å²) >= 11 is 3.36. The highest BCUT2D eigenvalue weighted by Crippen LogP contribution is 2.16. The van der Waals surface area contributed by atoms with E-state index in [0.717, 1.165) is 15.9 Å². The first-order chi connectivity index (χ1) is 6.66. The van der Waals surface area contributed by atoms with E-state index >= 15 is 0 Å². The highest BCUT2D eigenvalue weighted by Gasteiger charge is 2.04. The van der Waals surface area contributed by atoms with Crippen molar-refractivity contribution in [2.75, 3.05) is 5.73 Å². The SMILES string of the molecule is Cc1cc(Br)cnc1-n1ccc(N)n1. The van der Waals surface area contributed by atoms with Crippen LogP contribution in [0, 0.1) is 6.92 Å². The lowest BCUT2D eigenvalue weighted by Gasteiger charge is -2.04. The second kappa shape index (κ2) is 3.42. The van der Waals surface area contributed by atoms with Crippen LogP contribution in [-0.2, 0) is 0 Å². The summed E-state index contributed by atoms with van der Waals surface area (Å²) in [6, 6.07) is 3.73. The molecule has 0 unspecified atom stereocenters.